The minimum absolute atomic E-state index is 0.0318. The molecule has 134 valence electrons. The van der Waals surface area contributed by atoms with Crippen LogP contribution in [0.3, 0.4) is 0 Å². The lowest BCUT2D eigenvalue weighted by molar-refractivity contribution is -0.116. The molecule has 2 aromatic rings. The highest BCUT2D eigenvalue weighted by Crippen LogP contribution is 2.32. The number of nitrogen functional groups attached to an aromatic ring is 1. The molecule has 2 rings (SSSR count). The number of benzene rings is 2. The van der Waals surface area contributed by atoms with Crippen LogP contribution in [0.4, 0.5) is 11.4 Å². The third kappa shape index (κ3) is 6.21. The Bertz CT molecular complexity index is 688. The molecule has 4 N–H and O–H groups in total. The van der Waals surface area contributed by atoms with Crippen molar-refractivity contribution < 1.29 is 9.90 Å². The van der Waals surface area contributed by atoms with Crippen molar-refractivity contribution in [1.29, 1.82) is 0 Å². The van der Waals surface area contributed by atoms with E-state index in [1.54, 1.807) is 0 Å². The molecular formula is C18H21Cl2N3O2. The van der Waals surface area contributed by atoms with Gasteiger partial charge in [-0.25, -0.2) is 0 Å². The van der Waals surface area contributed by atoms with Gasteiger partial charge in [-0.15, -0.1) is 0 Å². The Labute approximate surface area is 157 Å². The first kappa shape index (κ1) is 19.5. The molecule has 0 saturated heterocycles. The number of amides is 1. The van der Waals surface area contributed by atoms with Gasteiger partial charge in [-0.2, -0.15) is 0 Å². The molecule has 1 amide bonds. The predicted molar refractivity (Wildman–Crippen MR) is 103 cm³/mol. The highest BCUT2D eigenvalue weighted by atomic mass is 35.5. The summed E-state index contributed by atoms with van der Waals surface area (Å²) in [6.07, 6.45) is 0.254. The molecule has 0 unspecified atom stereocenters. The van der Waals surface area contributed by atoms with Crippen LogP contribution < -0.4 is 11.1 Å². The predicted octanol–water partition coefficient (Wildman–Crippen LogP) is 3.40. The molecule has 0 atom stereocenters. The second kappa shape index (κ2) is 9.63. The van der Waals surface area contributed by atoms with Crippen LogP contribution in [0, 0.1) is 0 Å². The van der Waals surface area contributed by atoms with Gasteiger partial charge in [-0.1, -0.05) is 53.5 Å². The molecular weight excluding hydrogens is 361 g/mol. The van der Waals surface area contributed by atoms with Crippen LogP contribution in [-0.4, -0.2) is 35.6 Å². The second-order valence-electron chi connectivity index (χ2n) is 5.64. The standard InChI is InChI=1S/C18H21Cl2N3O2/c19-15-10-14(21)11-16(20)18(15)22-17(25)6-7-23(8-9-24)12-13-4-2-1-3-5-13/h1-5,10-11,24H,6-9,12,21H2,(H,22,25). The summed E-state index contributed by atoms with van der Waals surface area (Å²) < 4.78 is 0. The van der Waals surface area contributed by atoms with E-state index in [-0.39, 0.29) is 18.9 Å². The number of carbonyl (C=O) groups excluding carboxylic acids is 1. The van der Waals surface area contributed by atoms with Gasteiger partial charge in [0.1, 0.15) is 0 Å². The number of rotatable bonds is 8. The molecule has 0 bridgehead atoms. The first-order valence-electron chi connectivity index (χ1n) is 7.91. The number of nitrogens with zero attached hydrogens (tertiary/aromatic N) is 1. The summed E-state index contributed by atoms with van der Waals surface area (Å²) in [5.41, 5.74) is 7.57. The average Bonchev–Trinajstić information content (AvgIpc) is 2.57. The van der Waals surface area contributed by atoms with E-state index in [0.717, 1.165) is 5.56 Å². The van der Waals surface area contributed by atoms with Crippen molar-refractivity contribution in [2.45, 2.75) is 13.0 Å². The number of aliphatic hydroxyl groups is 1. The van der Waals surface area contributed by atoms with E-state index in [4.69, 9.17) is 28.9 Å². The largest absolute Gasteiger partial charge is 0.399 e. The maximum absolute atomic E-state index is 12.2. The number of aliphatic hydroxyl groups excluding tert-OH is 1. The first-order chi connectivity index (χ1) is 12.0. The van der Waals surface area contributed by atoms with Crippen molar-refractivity contribution in [1.82, 2.24) is 4.90 Å². The molecule has 5 nitrogen and oxygen atoms in total. The van der Waals surface area contributed by atoms with Crippen LogP contribution in [0.25, 0.3) is 0 Å². The second-order valence-corrected chi connectivity index (χ2v) is 6.46. The molecule has 0 spiro atoms. The van der Waals surface area contributed by atoms with Gasteiger partial charge >= 0.3 is 0 Å². The highest BCUT2D eigenvalue weighted by Gasteiger charge is 2.13. The van der Waals surface area contributed by atoms with Gasteiger partial charge in [0, 0.05) is 31.7 Å². The molecule has 0 aliphatic rings. The minimum atomic E-state index is -0.204. The van der Waals surface area contributed by atoms with Gasteiger partial charge in [0.25, 0.3) is 0 Å². The summed E-state index contributed by atoms with van der Waals surface area (Å²) in [5, 5.41) is 12.5. The van der Waals surface area contributed by atoms with Gasteiger partial charge in [-0.05, 0) is 17.7 Å². The van der Waals surface area contributed by atoms with Gasteiger partial charge in [0.05, 0.1) is 22.3 Å². The Morgan fingerprint density at radius 2 is 1.76 bits per heavy atom. The van der Waals surface area contributed by atoms with Gasteiger partial charge in [0.15, 0.2) is 0 Å². The summed E-state index contributed by atoms with van der Waals surface area (Å²) in [4.78, 5) is 14.2. The molecule has 25 heavy (non-hydrogen) atoms. The van der Waals surface area contributed by atoms with Crippen LogP contribution in [0.5, 0.6) is 0 Å². The van der Waals surface area contributed by atoms with E-state index >= 15 is 0 Å². The van der Waals surface area contributed by atoms with Crippen LogP contribution in [0.2, 0.25) is 10.0 Å². The molecule has 0 radical (unpaired) electrons. The summed E-state index contributed by atoms with van der Waals surface area (Å²) in [6.45, 7) is 1.69. The smallest absolute Gasteiger partial charge is 0.225 e. The van der Waals surface area contributed by atoms with Crippen LogP contribution >= 0.6 is 23.2 Å². The van der Waals surface area contributed by atoms with E-state index in [9.17, 15) is 9.90 Å². The molecule has 0 saturated carbocycles. The SMILES string of the molecule is Nc1cc(Cl)c(NC(=O)CCN(CCO)Cc2ccccc2)c(Cl)c1. The number of nitrogens with one attached hydrogen (secondary N) is 1. The lowest BCUT2D eigenvalue weighted by Crippen LogP contribution is -2.30. The van der Waals surface area contributed by atoms with Gasteiger partial charge in [0.2, 0.25) is 5.91 Å². The van der Waals surface area contributed by atoms with Crippen molar-refractivity contribution in [2.75, 3.05) is 30.7 Å². The van der Waals surface area contributed by atoms with E-state index in [1.807, 2.05) is 35.2 Å². The van der Waals surface area contributed by atoms with Gasteiger partial charge < -0.3 is 16.2 Å². The lowest BCUT2D eigenvalue weighted by Gasteiger charge is -2.21. The Kier molecular flexibility index (Phi) is 7.52. The van der Waals surface area contributed by atoms with E-state index in [1.165, 1.54) is 12.1 Å². The summed E-state index contributed by atoms with van der Waals surface area (Å²) in [6, 6.07) is 13.0. The van der Waals surface area contributed by atoms with Crippen LogP contribution in [-0.2, 0) is 11.3 Å². The molecule has 0 aliphatic heterocycles. The number of hydrogen-bond acceptors (Lipinski definition) is 4. The van der Waals surface area contributed by atoms with Crippen molar-refractivity contribution >= 4 is 40.5 Å². The Balaban J connectivity index is 1.93. The lowest BCUT2D eigenvalue weighted by atomic mass is 10.2. The Morgan fingerprint density at radius 1 is 1.12 bits per heavy atom. The zero-order valence-corrected chi connectivity index (χ0v) is 15.2. The maximum atomic E-state index is 12.2. The third-order valence-corrected chi connectivity index (χ3v) is 4.25. The quantitative estimate of drug-likeness (QED) is 0.612. The number of hydrogen-bond donors (Lipinski definition) is 3. The number of carbonyl (C=O) groups is 1. The highest BCUT2D eigenvalue weighted by molar-refractivity contribution is 6.40. The van der Waals surface area contributed by atoms with Crippen molar-refractivity contribution in [3.05, 3.63) is 58.1 Å². The Morgan fingerprint density at radius 3 is 2.36 bits per heavy atom. The average molecular weight is 382 g/mol. The summed E-state index contributed by atoms with van der Waals surface area (Å²) in [5.74, 6) is -0.204. The molecule has 0 aromatic heterocycles. The fourth-order valence-corrected chi connectivity index (χ4v) is 3.03. The molecule has 0 aliphatic carbocycles. The molecule has 0 fully saturated rings. The zero-order chi connectivity index (χ0) is 18.2. The molecule has 2 aromatic carbocycles. The van der Waals surface area contributed by atoms with Crippen molar-refractivity contribution in [3.8, 4) is 0 Å². The monoisotopic (exact) mass is 381 g/mol. The molecule has 7 heteroatoms. The summed E-state index contributed by atoms with van der Waals surface area (Å²) in [7, 11) is 0. The van der Waals surface area contributed by atoms with Crippen molar-refractivity contribution in [2.24, 2.45) is 0 Å². The maximum Gasteiger partial charge on any atom is 0.225 e. The van der Waals surface area contributed by atoms with E-state index < -0.39 is 0 Å². The topological polar surface area (TPSA) is 78.6 Å². The fourth-order valence-electron chi connectivity index (χ4n) is 2.43. The van der Waals surface area contributed by atoms with Crippen LogP contribution in [0.15, 0.2) is 42.5 Å². The van der Waals surface area contributed by atoms with Gasteiger partial charge in [-0.3, -0.25) is 9.69 Å². The zero-order valence-electron chi connectivity index (χ0n) is 13.7. The normalized spacial score (nSPS) is 10.9. The minimum Gasteiger partial charge on any atom is -0.399 e. The van der Waals surface area contributed by atoms with E-state index in [0.29, 0.717) is 41.1 Å². The molecule has 0 heterocycles. The Hall–Kier alpha value is -1.79. The number of anilines is 2. The number of halogens is 2. The van der Waals surface area contributed by atoms with Crippen LogP contribution in [0.1, 0.15) is 12.0 Å². The van der Waals surface area contributed by atoms with E-state index in [2.05, 4.69) is 5.32 Å². The summed E-state index contributed by atoms with van der Waals surface area (Å²) >= 11 is 12.2. The first-order valence-corrected chi connectivity index (χ1v) is 8.66. The fraction of sp³-hybridized carbons (Fsp3) is 0.278. The number of nitrogens with two attached hydrogens (primary N) is 1. The third-order valence-electron chi connectivity index (χ3n) is 3.65. The van der Waals surface area contributed by atoms with Crippen molar-refractivity contribution in [3.63, 3.8) is 0 Å².